The normalized spacial score (nSPS) is 10.0. The smallest absolute Gasteiger partial charge is 0.258 e. The highest BCUT2D eigenvalue weighted by atomic mass is 19.1. The fourth-order valence-electron chi connectivity index (χ4n) is 1.78. The summed E-state index contributed by atoms with van der Waals surface area (Å²) >= 11 is 0. The average molecular weight is 287 g/mol. The van der Waals surface area contributed by atoms with E-state index >= 15 is 0 Å². The highest BCUT2D eigenvalue weighted by Crippen LogP contribution is 2.22. The Morgan fingerprint density at radius 1 is 1.24 bits per heavy atom. The molecule has 3 N–H and O–H groups in total. The van der Waals surface area contributed by atoms with Crippen LogP contribution in [0.5, 0.6) is 0 Å². The van der Waals surface area contributed by atoms with Crippen molar-refractivity contribution in [3.63, 3.8) is 0 Å². The van der Waals surface area contributed by atoms with E-state index in [9.17, 15) is 13.6 Å². The Morgan fingerprint density at radius 2 is 1.95 bits per heavy atom. The molecule has 0 aromatic heterocycles. The highest BCUT2D eigenvalue weighted by Gasteiger charge is 2.15. The minimum Gasteiger partial charge on any atom is -0.399 e. The molecule has 0 aliphatic rings. The number of benzene rings is 2. The standard InChI is InChI=1S/C15H11F2N3O/c1-8-12(16)4-9(7-18)5-14(8)20-15(21)11-3-2-10(19)6-13(11)17/h2-6H,19H2,1H3,(H,20,21). The molecule has 0 heterocycles. The van der Waals surface area contributed by atoms with E-state index in [0.717, 1.165) is 12.1 Å². The van der Waals surface area contributed by atoms with Crippen LogP contribution in [0.15, 0.2) is 30.3 Å². The summed E-state index contributed by atoms with van der Waals surface area (Å²) in [5.74, 6) is -2.14. The molecule has 2 aromatic carbocycles. The molecule has 2 aromatic rings. The van der Waals surface area contributed by atoms with Crippen molar-refractivity contribution >= 4 is 17.3 Å². The number of nitrogens with zero attached hydrogens (tertiary/aromatic N) is 1. The van der Waals surface area contributed by atoms with E-state index in [1.165, 1.54) is 25.1 Å². The van der Waals surface area contributed by atoms with Gasteiger partial charge in [0.1, 0.15) is 11.6 Å². The van der Waals surface area contributed by atoms with Gasteiger partial charge in [-0.15, -0.1) is 0 Å². The van der Waals surface area contributed by atoms with Gasteiger partial charge in [0.25, 0.3) is 5.91 Å². The first-order chi connectivity index (χ1) is 9.92. The van der Waals surface area contributed by atoms with Crippen molar-refractivity contribution in [2.45, 2.75) is 6.92 Å². The number of nitriles is 1. The molecule has 0 aliphatic heterocycles. The molecule has 106 valence electrons. The Kier molecular flexibility index (Phi) is 3.85. The first-order valence-electron chi connectivity index (χ1n) is 5.99. The largest absolute Gasteiger partial charge is 0.399 e. The van der Waals surface area contributed by atoms with Crippen LogP contribution in [0.4, 0.5) is 20.2 Å². The maximum Gasteiger partial charge on any atom is 0.258 e. The van der Waals surface area contributed by atoms with Gasteiger partial charge in [-0.3, -0.25) is 4.79 Å². The molecule has 0 saturated heterocycles. The molecular weight excluding hydrogens is 276 g/mol. The minimum absolute atomic E-state index is 0.0613. The van der Waals surface area contributed by atoms with Gasteiger partial charge in [0.05, 0.1) is 17.2 Å². The van der Waals surface area contributed by atoms with Gasteiger partial charge in [0, 0.05) is 16.9 Å². The third kappa shape index (κ3) is 2.98. The van der Waals surface area contributed by atoms with Gasteiger partial charge >= 0.3 is 0 Å². The third-order valence-electron chi connectivity index (χ3n) is 2.96. The number of amides is 1. The monoisotopic (exact) mass is 287 g/mol. The van der Waals surface area contributed by atoms with Crippen LogP contribution in [0.2, 0.25) is 0 Å². The molecule has 0 fully saturated rings. The Morgan fingerprint density at radius 3 is 2.57 bits per heavy atom. The van der Waals surface area contributed by atoms with Gasteiger partial charge in [-0.25, -0.2) is 8.78 Å². The van der Waals surface area contributed by atoms with Crippen LogP contribution >= 0.6 is 0 Å². The molecule has 0 bridgehead atoms. The van der Waals surface area contributed by atoms with Crippen LogP contribution in [0.25, 0.3) is 0 Å². The lowest BCUT2D eigenvalue weighted by Gasteiger charge is -2.10. The summed E-state index contributed by atoms with van der Waals surface area (Å²) in [5, 5.41) is 11.2. The second kappa shape index (κ2) is 5.59. The molecular formula is C15H11F2N3O. The van der Waals surface area contributed by atoms with E-state index in [2.05, 4.69) is 5.32 Å². The van der Waals surface area contributed by atoms with E-state index in [1.54, 1.807) is 6.07 Å². The number of nitrogens with one attached hydrogen (secondary N) is 1. The predicted molar refractivity (Wildman–Crippen MR) is 74.6 cm³/mol. The number of nitrogen functional groups attached to an aromatic ring is 1. The summed E-state index contributed by atoms with van der Waals surface area (Å²) in [6.45, 7) is 1.45. The summed E-state index contributed by atoms with van der Waals surface area (Å²) in [6.07, 6.45) is 0. The number of anilines is 2. The maximum atomic E-state index is 13.7. The van der Waals surface area contributed by atoms with E-state index < -0.39 is 17.5 Å². The Balaban J connectivity index is 2.36. The molecule has 21 heavy (non-hydrogen) atoms. The number of nitrogens with two attached hydrogens (primary N) is 1. The second-order valence-corrected chi connectivity index (χ2v) is 4.44. The van der Waals surface area contributed by atoms with Crippen molar-refractivity contribution < 1.29 is 13.6 Å². The average Bonchev–Trinajstić information content (AvgIpc) is 2.43. The van der Waals surface area contributed by atoms with Gasteiger partial charge < -0.3 is 11.1 Å². The summed E-state index contributed by atoms with van der Waals surface area (Å²) in [7, 11) is 0. The van der Waals surface area contributed by atoms with Crippen molar-refractivity contribution in [1.29, 1.82) is 5.26 Å². The number of hydrogen-bond acceptors (Lipinski definition) is 3. The zero-order valence-electron chi connectivity index (χ0n) is 11.1. The molecule has 2 rings (SSSR count). The Hall–Kier alpha value is -2.94. The molecule has 0 saturated carbocycles. The Labute approximate surface area is 119 Å². The van der Waals surface area contributed by atoms with Gasteiger partial charge in [0.2, 0.25) is 0 Å². The van der Waals surface area contributed by atoms with Crippen molar-refractivity contribution in [3.8, 4) is 6.07 Å². The molecule has 0 aliphatic carbocycles. The molecule has 6 heteroatoms. The molecule has 0 atom stereocenters. The lowest BCUT2D eigenvalue weighted by molar-refractivity contribution is 0.102. The zero-order valence-corrected chi connectivity index (χ0v) is 11.1. The molecule has 0 spiro atoms. The van der Waals surface area contributed by atoms with Gasteiger partial charge in [0.15, 0.2) is 0 Å². The van der Waals surface area contributed by atoms with E-state index in [0.29, 0.717) is 0 Å². The van der Waals surface area contributed by atoms with Crippen LogP contribution in [0.1, 0.15) is 21.5 Å². The first kappa shape index (κ1) is 14.5. The van der Waals surface area contributed by atoms with Gasteiger partial charge in [-0.1, -0.05) is 0 Å². The number of carbonyl (C=O) groups excluding carboxylic acids is 1. The van der Waals surface area contributed by atoms with Crippen LogP contribution in [-0.2, 0) is 0 Å². The van der Waals surface area contributed by atoms with E-state index in [-0.39, 0.29) is 28.1 Å². The fourth-order valence-corrected chi connectivity index (χ4v) is 1.78. The molecule has 0 unspecified atom stereocenters. The molecule has 1 amide bonds. The lowest BCUT2D eigenvalue weighted by Crippen LogP contribution is -2.15. The lowest BCUT2D eigenvalue weighted by atomic mass is 10.1. The minimum atomic E-state index is -0.776. The highest BCUT2D eigenvalue weighted by molar-refractivity contribution is 6.05. The maximum absolute atomic E-state index is 13.7. The van der Waals surface area contributed by atoms with Crippen molar-refractivity contribution in [2.24, 2.45) is 0 Å². The molecule has 4 nitrogen and oxygen atoms in total. The zero-order chi connectivity index (χ0) is 15.6. The second-order valence-electron chi connectivity index (χ2n) is 4.44. The van der Waals surface area contributed by atoms with Crippen LogP contribution in [0, 0.1) is 29.9 Å². The SMILES string of the molecule is Cc1c(F)cc(C#N)cc1NC(=O)c1ccc(N)cc1F. The van der Waals surface area contributed by atoms with Crippen LogP contribution < -0.4 is 11.1 Å². The quantitative estimate of drug-likeness (QED) is 0.833. The predicted octanol–water partition coefficient (Wildman–Crippen LogP) is 2.98. The van der Waals surface area contributed by atoms with Crippen molar-refractivity contribution in [2.75, 3.05) is 11.1 Å². The summed E-state index contributed by atoms with van der Waals surface area (Å²) < 4.78 is 27.3. The summed E-state index contributed by atoms with van der Waals surface area (Å²) in [6, 6.07) is 7.82. The Bertz CT molecular complexity index is 766. The number of halogens is 2. The van der Waals surface area contributed by atoms with Crippen LogP contribution in [-0.4, -0.2) is 5.91 Å². The van der Waals surface area contributed by atoms with E-state index in [4.69, 9.17) is 11.0 Å². The first-order valence-corrected chi connectivity index (χ1v) is 5.99. The third-order valence-corrected chi connectivity index (χ3v) is 2.96. The number of rotatable bonds is 2. The summed E-state index contributed by atoms with van der Waals surface area (Å²) in [4.78, 5) is 12.0. The number of hydrogen-bond donors (Lipinski definition) is 2. The van der Waals surface area contributed by atoms with E-state index in [1.807, 2.05) is 0 Å². The number of carbonyl (C=O) groups is 1. The van der Waals surface area contributed by atoms with Gasteiger partial charge in [-0.2, -0.15) is 5.26 Å². The summed E-state index contributed by atoms with van der Waals surface area (Å²) in [5.41, 5.74) is 5.73. The van der Waals surface area contributed by atoms with Crippen molar-refractivity contribution in [3.05, 3.63) is 58.7 Å². The van der Waals surface area contributed by atoms with Gasteiger partial charge in [-0.05, 0) is 37.3 Å². The van der Waals surface area contributed by atoms with Crippen molar-refractivity contribution in [1.82, 2.24) is 0 Å². The molecule has 0 radical (unpaired) electrons. The van der Waals surface area contributed by atoms with Crippen LogP contribution in [0.3, 0.4) is 0 Å². The fraction of sp³-hybridized carbons (Fsp3) is 0.0667. The topological polar surface area (TPSA) is 78.9 Å².